The molecule has 154 valence electrons. The van der Waals surface area contributed by atoms with E-state index in [-0.39, 0.29) is 13.2 Å². The summed E-state index contributed by atoms with van der Waals surface area (Å²) in [4.78, 5) is 4.63. The highest BCUT2D eigenvalue weighted by Gasteiger charge is 2.21. The van der Waals surface area contributed by atoms with Gasteiger partial charge in [-0.3, -0.25) is 0 Å². The van der Waals surface area contributed by atoms with Crippen molar-refractivity contribution in [1.29, 1.82) is 0 Å². The fraction of sp³-hybridized carbons (Fsp3) is 0.208. The molecule has 1 aromatic heterocycles. The van der Waals surface area contributed by atoms with E-state index in [1.54, 1.807) is 31.4 Å². The van der Waals surface area contributed by atoms with Crippen LogP contribution in [0.15, 0.2) is 78.9 Å². The summed E-state index contributed by atoms with van der Waals surface area (Å²) in [6, 6.07) is 24.2. The number of aliphatic hydroxyl groups is 2. The van der Waals surface area contributed by atoms with Crippen molar-refractivity contribution in [3.8, 4) is 11.5 Å². The fourth-order valence-corrected chi connectivity index (χ4v) is 3.41. The molecule has 3 aromatic carbocycles. The molecule has 0 aliphatic heterocycles. The summed E-state index contributed by atoms with van der Waals surface area (Å²) in [5.41, 5.74) is 2.37. The molecule has 2 atom stereocenters. The van der Waals surface area contributed by atoms with Crippen LogP contribution in [-0.4, -0.2) is 39.6 Å². The number of methoxy groups -OCH3 is 1. The van der Waals surface area contributed by atoms with E-state index in [4.69, 9.17) is 9.47 Å². The number of aromatic nitrogens is 2. The molecule has 2 unspecified atom stereocenters. The third kappa shape index (κ3) is 4.30. The smallest absolute Gasteiger partial charge is 0.143 e. The third-order valence-electron chi connectivity index (χ3n) is 4.94. The molecule has 0 spiro atoms. The fourth-order valence-electron chi connectivity index (χ4n) is 3.41. The van der Waals surface area contributed by atoms with Crippen LogP contribution < -0.4 is 9.47 Å². The Morgan fingerprint density at radius 3 is 2.27 bits per heavy atom. The highest BCUT2D eigenvalue weighted by atomic mass is 16.5. The number of para-hydroxylation sites is 2. The molecule has 0 radical (unpaired) electrons. The minimum absolute atomic E-state index is 0.111. The topological polar surface area (TPSA) is 76.7 Å². The van der Waals surface area contributed by atoms with Crippen LogP contribution in [0.25, 0.3) is 11.0 Å². The van der Waals surface area contributed by atoms with Crippen molar-refractivity contribution in [1.82, 2.24) is 9.55 Å². The van der Waals surface area contributed by atoms with Crippen molar-refractivity contribution < 1.29 is 19.7 Å². The minimum atomic E-state index is -0.895. The Hall–Kier alpha value is -3.35. The van der Waals surface area contributed by atoms with Crippen molar-refractivity contribution in [3.05, 3.63) is 90.3 Å². The maximum atomic E-state index is 10.9. The summed E-state index contributed by atoms with van der Waals surface area (Å²) >= 11 is 0. The second kappa shape index (κ2) is 8.98. The van der Waals surface area contributed by atoms with E-state index in [0.717, 1.165) is 22.3 Å². The highest BCUT2D eigenvalue weighted by molar-refractivity contribution is 5.76. The summed E-state index contributed by atoms with van der Waals surface area (Å²) < 4.78 is 12.7. The second-order valence-electron chi connectivity index (χ2n) is 7.02. The van der Waals surface area contributed by atoms with Crippen molar-refractivity contribution in [2.75, 3.05) is 13.7 Å². The molecule has 6 heteroatoms. The summed E-state index contributed by atoms with van der Waals surface area (Å²) in [5.74, 6) is 1.88. The lowest BCUT2D eigenvalue weighted by Crippen LogP contribution is -2.25. The first-order valence-corrected chi connectivity index (χ1v) is 9.79. The second-order valence-corrected chi connectivity index (χ2v) is 7.02. The zero-order valence-corrected chi connectivity index (χ0v) is 16.7. The van der Waals surface area contributed by atoms with Crippen LogP contribution in [-0.2, 0) is 6.54 Å². The van der Waals surface area contributed by atoms with E-state index in [1.807, 2.05) is 59.2 Å². The first kappa shape index (κ1) is 19.9. The van der Waals surface area contributed by atoms with Gasteiger partial charge in [0.05, 0.1) is 24.7 Å². The lowest BCUT2D eigenvalue weighted by molar-refractivity contribution is 0.0902. The van der Waals surface area contributed by atoms with Gasteiger partial charge >= 0.3 is 0 Å². The van der Waals surface area contributed by atoms with Gasteiger partial charge in [0, 0.05) is 0 Å². The van der Waals surface area contributed by atoms with Gasteiger partial charge in [-0.25, -0.2) is 4.98 Å². The highest BCUT2D eigenvalue weighted by Crippen LogP contribution is 2.26. The largest absolute Gasteiger partial charge is 0.497 e. The molecule has 2 N–H and O–H groups in total. The minimum Gasteiger partial charge on any atom is -0.497 e. The summed E-state index contributed by atoms with van der Waals surface area (Å²) in [6.45, 7) is 0.357. The number of ether oxygens (including phenoxy) is 2. The lowest BCUT2D eigenvalue weighted by atomic mass is 10.1. The van der Waals surface area contributed by atoms with Crippen LogP contribution in [0, 0.1) is 0 Å². The Morgan fingerprint density at radius 1 is 0.867 bits per heavy atom. The Morgan fingerprint density at radius 2 is 1.53 bits per heavy atom. The van der Waals surface area contributed by atoms with Gasteiger partial charge in [-0.15, -0.1) is 0 Å². The summed E-state index contributed by atoms with van der Waals surface area (Å²) in [6.07, 6.45) is -1.68. The van der Waals surface area contributed by atoms with Gasteiger partial charge in [0.15, 0.2) is 0 Å². The number of hydrogen-bond acceptors (Lipinski definition) is 5. The third-order valence-corrected chi connectivity index (χ3v) is 4.94. The number of imidazole rings is 1. The molecule has 4 rings (SSSR count). The van der Waals surface area contributed by atoms with E-state index in [2.05, 4.69) is 4.98 Å². The van der Waals surface area contributed by atoms with Crippen LogP contribution in [0.2, 0.25) is 0 Å². The molecule has 6 nitrogen and oxygen atoms in total. The SMILES string of the molecule is COc1ccc(OCC(O)Cn2c(C(O)c3ccccc3)nc3ccccc32)cc1. The number of rotatable bonds is 8. The van der Waals surface area contributed by atoms with Crippen LogP contribution in [0.1, 0.15) is 17.5 Å². The van der Waals surface area contributed by atoms with E-state index < -0.39 is 12.2 Å². The van der Waals surface area contributed by atoms with Gasteiger partial charge < -0.3 is 24.3 Å². The zero-order valence-electron chi connectivity index (χ0n) is 16.7. The summed E-state index contributed by atoms with van der Waals surface area (Å²) in [5, 5.41) is 21.6. The first-order valence-electron chi connectivity index (χ1n) is 9.79. The average Bonchev–Trinajstić information content (AvgIpc) is 3.16. The molecule has 0 aliphatic carbocycles. The molecule has 1 heterocycles. The maximum absolute atomic E-state index is 10.9. The zero-order chi connectivity index (χ0) is 20.9. The molecular formula is C24H24N2O4. The molecule has 0 amide bonds. The number of aliphatic hydroxyl groups excluding tert-OH is 2. The quantitative estimate of drug-likeness (QED) is 0.470. The van der Waals surface area contributed by atoms with E-state index in [0.29, 0.717) is 11.6 Å². The van der Waals surface area contributed by atoms with Crippen LogP contribution in [0.3, 0.4) is 0 Å². The van der Waals surface area contributed by atoms with Gasteiger partial charge in [-0.2, -0.15) is 0 Å². The molecule has 0 fully saturated rings. The van der Waals surface area contributed by atoms with Gasteiger partial charge in [0.25, 0.3) is 0 Å². The van der Waals surface area contributed by atoms with Gasteiger partial charge in [-0.1, -0.05) is 42.5 Å². The normalized spacial score (nSPS) is 13.2. The standard InChI is InChI=1S/C24H24N2O4/c1-29-19-11-13-20(14-12-19)30-16-18(27)15-26-22-10-6-5-9-21(22)25-24(26)23(28)17-7-3-2-4-8-17/h2-14,18,23,27-28H,15-16H2,1H3. The predicted molar refractivity (Wildman–Crippen MR) is 115 cm³/mol. The van der Waals surface area contributed by atoms with Gasteiger partial charge in [-0.05, 0) is 42.0 Å². The number of hydrogen-bond donors (Lipinski definition) is 2. The van der Waals surface area contributed by atoms with E-state index in [9.17, 15) is 10.2 Å². The Kier molecular flexibility index (Phi) is 5.97. The molecule has 0 aliphatic rings. The molecule has 30 heavy (non-hydrogen) atoms. The van der Waals surface area contributed by atoms with E-state index >= 15 is 0 Å². The van der Waals surface area contributed by atoms with Gasteiger partial charge in [0.2, 0.25) is 0 Å². The molecule has 0 saturated heterocycles. The molecule has 0 saturated carbocycles. The predicted octanol–water partition coefficient (Wildman–Crippen LogP) is 3.57. The van der Waals surface area contributed by atoms with Crippen LogP contribution >= 0.6 is 0 Å². The summed E-state index contributed by atoms with van der Waals surface area (Å²) in [7, 11) is 1.61. The van der Waals surface area contributed by atoms with Crippen molar-refractivity contribution in [2.24, 2.45) is 0 Å². The average molecular weight is 404 g/mol. The maximum Gasteiger partial charge on any atom is 0.143 e. The monoisotopic (exact) mass is 404 g/mol. The van der Waals surface area contributed by atoms with Crippen molar-refractivity contribution in [3.63, 3.8) is 0 Å². The molecular weight excluding hydrogens is 380 g/mol. The van der Waals surface area contributed by atoms with Crippen molar-refractivity contribution >= 4 is 11.0 Å². The lowest BCUT2D eigenvalue weighted by Gasteiger charge is -2.18. The Bertz CT molecular complexity index is 1090. The van der Waals surface area contributed by atoms with Crippen LogP contribution in [0.5, 0.6) is 11.5 Å². The van der Waals surface area contributed by atoms with Gasteiger partial charge in [0.1, 0.15) is 36.1 Å². The Balaban J connectivity index is 1.54. The number of fused-ring (bicyclic) bond motifs is 1. The number of benzene rings is 3. The van der Waals surface area contributed by atoms with E-state index in [1.165, 1.54) is 0 Å². The molecule has 4 aromatic rings. The first-order chi connectivity index (χ1) is 14.7. The number of nitrogens with zero attached hydrogens (tertiary/aromatic N) is 2. The molecule has 0 bridgehead atoms. The van der Waals surface area contributed by atoms with Crippen molar-refractivity contribution in [2.45, 2.75) is 18.8 Å². The van der Waals surface area contributed by atoms with Crippen LogP contribution in [0.4, 0.5) is 0 Å². The Labute approximate surface area is 175 Å².